The smallest absolute Gasteiger partial charge is 0.311 e. The summed E-state index contributed by atoms with van der Waals surface area (Å²) in [6.07, 6.45) is 3.55. The van der Waals surface area contributed by atoms with E-state index in [0.29, 0.717) is 12.2 Å². The molecule has 0 unspecified atom stereocenters. The average Bonchev–Trinajstić information content (AvgIpc) is 2.60. The number of nitrogens with zero attached hydrogens (tertiary/aromatic N) is 2. The number of hydrogen-bond donors (Lipinski definition) is 1. The summed E-state index contributed by atoms with van der Waals surface area (Å²) in [5, 5.41) is 6.63. The van der Waals surface area contributed by atoms with E-state index in [4.69, 9.17) is 0 Å². The minimum absolute atomic E-state index is 0.449. The maximum absolute atomic E-state index is 12.3. The van der Waals surface area contributed by atoms with Crippen molar-refractivity contribution in [1.82, 2.24) is 15.1 Å². The maximum Gasteiger partial charge on any atom is 0.333 e. The standard InChI is InChI=1S/C9H15F2N3/c1-2-3-5-12-7-8-4-6-13-14(8)9(10)11/h4,6,9,12H,2-3,5,7H2,1H3. The van der Waals surface area contributed by atoms with Crippen molar-refractivity contribution in [2.45, 2.75) is 32.9 Å². The van der Waals surface area contributed by atoms with Crippen LogP contribution in [0.2, 0.25) is 0 Å². The second-order valence-corrected chi connectivity index (χ2v) is 3.08. The van der Waals surface area contributed by atoms with Crippen LogP contribution in [0.4, 0.5) is 8.78 Å². The van der Waals surface area contributed by atoms with Crippen LogP contribution in [-0.2, 0) is 6.54 Å². The van der Waals surface area contributed by atoms with E-state index in [1.165, 1.54) is 6.20 Å². The molecule has 0 amide bonds. The molecule has 1 N–H and O–H groups in total. The summed E-state index contributed by atoms with van der Waals surface area (Å²) in [6.45, 7) is 0.841. The highest BCUT2D eigenvalue weighted by Crippen LogP contribution is 2.11. The van der Waals surface area contributed by atoms with E-state index in [1.807, 2.05) is 0 Å². The second-order valence-electron chi connectivity index (χ2n) is 3.08. The maximum atomic E-state index is 12.3. The second kappa shape index (κ2) is 5.70. The Balaban J connectivity index is 2.38. The van der Waals surface area contributed by atoms with Crippen molar-refractivity contribution in [2.24, 2.45) is 0 Å². The molecule has 0 aliphatic carbocycles. The Labute approximate surface area is 82.1 Å². The van der Waals surface area contributed by atoms with E-state index in [9.17, 15) is 8.78 Å². The molecule has 80 valence electrons. The zero-order valence-corrected chi connectivity index (χ0v) is 8.21. The van der Waals surface area contributed by atoms with Gasteiger partial charge in [0.05, 0.1) is 5.69 Å². The Morgan fingerprint density at radius 1 is 1.57 bits per heavy atom. The van der Waals surface area contributed by atoms with Crippen LogP contribution in [0, 0.1) is 0 Å². The van der Waals surface area contributed by atoms with Gasteiger partial charge in [0.2, 0.25) is 0 Å². The first-order chi connectivity index (χ1) is 6.75. The van der Waals surface area contributed by atoms with Gasteiger partial charge in [-0.05, 0) is 19.0 Å². The lowest BCUT2D eigenvalue weighted by Gasteiger charge is -2.06. The summed E-state index contributed by atoms with van der Waals surface area (Å²) >= 11 is 0. The van der Waals surface area contributed by atoms with Crippen LogP contribution in [0.15, 0.2) is 12.3 Å². The normalized spacial score (nSPS) is 11.1. The first-order valence-electron chi connectivity index (χ1n) is 4.77. The molecule has 14 heavy (non-hydrogen) atoms. The van der Waals surface area contributed by atoms with Gasteiger partial charge in [-0.25, -0.2) is 4.68 Å². The van der Waals surface area contributed by atoms with Crippen molar-refractivity contribution in [3.05, 3.63) is 18.0 Å². The SMILES string of the molecule is CCCCNCc1ccnn1C(F)F. The van der Waals surface area contributed by atoms with Crippen molar-refractivity contribution in [3.63, 3.8) is 0 Å². The number of halogens is 2. The van der Waals surface area contributed by atoms with Crippen LogP contribution >= 0.6 is 0 Å². The fraction of sp³-hybridized carbons (Fsp3) is 0.667. The lowest BCUT2D eigenvalue weighted by Crippen LogP contribution is -2.18. The van der Waals surface area contributed by atoms with E-state index < -0.39 is 6.55 Å². The number of unbranched alkanes of at least 4 members (excludes halogenated alkanes) is 1. The summed E-state index contributed by atoms with van der Waals surface area (Å²) in [7, 11) is 0. The number of alkyl halides is 2. The topological polar surface area (TPSA) is 29.9 Å². The minimum Gasteiger partial charge on any atom is -0.311 e. The van der Waals surface area contributed by atoms with Gasteiger partial charge in [-0.1, -0.05) is 13.3 Å². The molecule has 1 heterocycles. The molecule has 0 aliphatic heterocycles. The van der Waals surface area contributed by atoms with Crippen LogP contribution in [-0.4, -0.2) is 16.3 Å². The van der Waals surface area contributed by atoms with Gasteiger partial charge in [0.1, 0.15) is 0 Å². The summed E-state index contributed by atoms with van der Waals surface area (Å²) in [4.78, 5) is 0. The van der Waals surface area contributed by atoms with E-state index in [-0.39, 0.29) is 0 Å². The van der Waals surface area contributed by atoms with E-state index in [2.05, 4.69) is 17.3 Å². The summed E-state index contributed by atoms with van der Waals surface area (Å²) in [5.74, 6) is 0. The quantitative estimate of drug-likeness (QED) is 0.718. The molecule has 1 rings (SSSR count). The van der Waals surface area contributed by atoms with Gasteiger partial charge in [0, 0.05) is 12.7 Å². The fourth-order valence-electron chi connectivity index (χ4n) is 1.18. The Morgan fingerprint density at radius 2 is 2.36 bits per heavy atom. The number of hydrogen-bond acceptors (Lipinski definition) is 2. The highest BCUT2D eigenvalue weighted by Gasteiger charge is 2.10. The molecule has 0 bridgehead atoms. The fourth-order valence-corrected chi connectivity index (χ4v) is 1.18. The van der Waals surface area contributed by atoms with Crippen molar-refractivity contribution in [1.29, 1.82) is 0 Å². The molecule has 0 aromatic carbocycles. The number of nitrogens with one attached hydrogen (secondary N) is 1. The molecule has 0 spiro atoms. The third kappa shape index (κ3) is 3.06. The average molecular weight is 203 g/mol. The summed E-state index contributed by atoms with van der Waals surface area (Å²) in [6, 6.07) is 1.60. The van der Waals surface area contributed by atoms with Gasteiger partial charge in [-0.3, -0.25) is 0 Å². The summed E-state index contributed by atoms with van der Waals surface area (Å²) in [5.41, 5.74) is 0.524. The molecule has 1 aromatic rings. The van der Waals surface area contributed by atoms with E-state index in [0.717, 1.165) is 24.1 Å². The Bertz CT molecular complexity index is 260. The zero-order chi connectivity index (χ0) is 10.4. The molecule has 0 saturated carbocycles. The molecule has 5 heteroatoms. The van der Waals surface area contributed by atoms with Gasteiger partial charge >= 0.3 is 6.55 Å². The molecule has 0 aliphatic rings. The summed E-state index contributed by atoms with van der Waals surface area (Å²) < 4.78 is 25.4. The molecular weight excluding hydrogens is 188 g/mol. The minimum atomic E-state index is -2.55. The predicted octanol–water partition coefficient (Wildman–Crippen LogP) is 2.17. The third-order valence-corrected chi connectivity index (χ3v) is 1.95. The van der Waals surface area contributed by atoms with Crippen LogP contribution in [0.3, 0.4) is 0 Å². The van der Waals surface area contributed by atoms with E-state index in [1.54, 1.807) is 6.07 Å². The van der Waals surface area contributed by atoms with Crippen molar-refractivity contribution in [2.75, 3.05) is 6.54 Å². The van der Waals surface area contributed by atoms with Gasteiger partial charge < -0.3 is 5.32 Å². The van der Waals surface area contributed by atoms with Gasteiger partial charge in [-0.2, -0.15) is 13.9 Å². The lowest BCUT2D eigenvalue weighted by atomic mass is 10.3. The molecule has 0 radical (unpaired) electrons. The monoisotopic (exact) mass is 203 g/mol. The Kier molecular flexibility index (Phi) is 4.52. The van der Waals surface area contributed by atoms with Crippen LogP contribution in [0.25, 0.3) is 0 Å². The zero-order valence-electron chi connectivity index (χ0n) is 8.21. The highest BCUT2D eigenvalue weighted by molar-refractivity contribution is 5.00. The Hall–Kier alpha value is -0.970. The van der Waals surface area contributed by atoms with Gasteiger partial charge in [0.15, 0.2) is 0 Å². The van der Waals surface area contributed by atoms with E-state index >= 15 is 0 Å². The molecule has 0 saturated heterocycles. The number of aromatic nitrogens is 2. The molecule has 1 aromatic heterocycles. The Morgan fingerprint density at radius 3 is 3.00 bits per heavy atom. The van der Waals surface area contributed by atoms with Crippen molar-refractivity contribution < 1.29 is 8.78 Å². The third-order valence-electron chi connectivity index (χ3n) is 1.95. The van der Waals surface area contributed by atoms with Crippen LogP contribution in [0.5, 0.6) is 0 Å². The largest absolute Gasteiger partial charge is 0.333 e. The first-order valence-corrected chi connectivity index (χ1v) is 4.77. The lowest BCUT2D eigenvalue weighted by molar-refractivity contribution is 0.0531. The molecular formula is C9H15F2N3. The molecule has 0 fully saturated rings. The number of rotatable bonds is 6. The van der Waals surface area contributed by atoms with Gasteiger partial charge in [0.25, 0.3) is 0 Å². The molecule has 0 atom stereocenters. The first kappa shape index (κ1) is 11.1. The van der Waals surface area contributed by atoms with Crippen molar-refractivity contribution >= 4 is 0 Å². The van der Waals surface area contributed by atoms with Crippen LogP contribution < -0.4 is 5.32 Å². The highest BCUT2D eigenvalue weighted by atomic mass is 19.3. The predicted molar refractivity (Wildman–Crippen MR) is 50.1 cm³/mol. The van der Waals surface area contributed by atoms with Crippen LogP contribution in [0.1, 0.15) is 32.0 Å². The van der Waals surface area contributed by atoms with Gasteiger partial charge in [-0.15, -0.1) is 0 Å². The van der Waals surface area contributed by atoms with Crippen molar-refractivity contribution in [3.8, 4) is 0 Å². The molecule has 3 nitrogen and oxygen atoms in total.